The third-order valence-corrected chi connectivity index (χ3v) is 13.7. The third-order valence-electron chi connectivity index (χ3n) is 12.5. The molecule has 4 nitrogen and oxygen atoms in total. The summed E-state index contributed by atoms with van der Waals surface area (Å²) < 4.78 is 7.14. The van der Waals surface area contributed by atoms with Gasteiger partial charge in [-0.15, -0.1) is 11.3 Å². The molecule has 5 heteroatoms. The zero-order valence-corrected chi connectivity index (χ0v) is 35.9. The first-order chi connectivity index (χ1) is 31.6. The summed E-state index contributed by atoms with van der Waals surface area (Å²) in [6, 6.07) is 69.5. The van der Waals surface area contributed by atoms with Crippen molar-refractivity contribution in [2.24, 2.45) is 0 Å². The molecule has 0 aliphatic heterocycles. The molecule has 0 saturated carbocycles. The fourth-order valence-corrected chi connectivity index (χ4v) is 10.7. The molecule has 0 aliphatic carbocycles. The molecule has 4 heterocycles. The largest absolute Gasteiger partial charge is 0.313 e. The number of thiophene rings is 1. The van der Waals surface area contributed by atoms with Gasteiger partial charge >= 0.3 is 0 Å². The highest BCUT2D eigenvalue weighted by molar-refractivity contribution is 7.26. The standard InChI is InChI=1S/C59H40N4S/c1-3-4-23-45-38(2)62(44-21-12-7-13-22-44)54-32-29-43(36-48(45)54)46-25-16-27-57-58(46)50-35-42(30-33-56(50)64-57)41-28-31-55-49(34-41)47-24-14-15-26-53(47)63(55)59-60-51(39-17-8-5-9-18-39)37-52(61-59)40-19-10-6-11-20-40/h3-37H,1H2,2H3/b23-4-. The van der Waals surface area contributed by atoms with Crippen LogP contribution in [0.3, 0.4) is 0 Å². The van der Waals surface area contributed by atoms with Gasteiger partial charge < -0.3 is 4.57 Å². The molecule has 0 bridgehead atoms. The van der Waals surface area contributed by atoms with E-state index in [-0.39, 0.29) is 0 Å². The number of allylic oxidation sites excluding steroid dienone is 2. The molecule has 302 valence electrons. The predicted octanol–water partition coefficient (Wildman–Crippen LogP) is 16.1. The maximum absolute atomic E-state index is 5.24. The lowest BCUT2D eigenvalue weighted by Crippen LogP contribution is -2.03. The fraction of sp³-hybridized carbons (Fsp3) is 0.0169. The predicted molar refractivity (Wildman–Crippen MR) is 272 cm³/mol. The first-order valence-electron chi connectivity index (χ1n) is 21.6. The van der Waals surface area contributed by atoms with Gasteiger partial charge in [0, 0.05) is 64.4 Å². The van der Waals surface area contributed by atoms with Gasteiger partial charge in [-0.1, -0.05) is 152 Å². The average molecular weight is 837 g/mol. The van der Waals surface area contributed by atoms with E-state index in [9.17, 15) is 0 Å². The van der Waals surface area contributed by atoms with Crippen LogP contribution in [0.4, 0.5) is 0 Å². The number of nitrogens with zero attached hydrogens (tertiary/aromatic N) is 4. The molecule has 64 heavy (non-hydrogen) atoms. The van der Waals surface area contributed by atoms with Gasteiger partial charge in [0.25, 0.3) is 0 Å². The molecule has 8 aromatic carbocycles. The molecular weight excluding hydrogens is 797 g/mol. The van der Waals surface area contributed by atoms with Gasteiger partial charge in [-0.05, 0) is 95.9 Å². The molecule has 0 amide bonds. The maximum atomic E-state index is 5.24. The molecule has 0 spiro atoms. The second-order valence-electron chi connectivity index (χ2n) is 16.2. The Labute approximate surface area is 375 Å². The Morgan fingerprint density at radius 1 is 0.469 bits per heavy atom. The van der Waals surface area contributed by atoms with Crippen LogP contribution in [0.15, 0.2) is 213 Å². The monoisotopic (exact) mass is 836 g/mol. The Kier molecular flexibility index (Phi) is 9.02. The first-order valence-corrected chi connectivity index (χ1v) is 22.4. The fourth-order valence-electron chi connectivity index (χ4n) is 9.56. The van der Waals surface area contributed by atoms with Gasteiger partial charge in [0.2, 0.25) is 5.95 Å². The van der Waals surface area contributed by atoms with Crippen molar-refractivity contribution in [3.63, 3.8) is 0 Å². The van der Waals surface area contributed by atoms with Gasteiger partial charge in [-0.25, -0.2) is 9.97 Å². The molecule has 12 aromatic rings. The number of aromatic nitrogens is 4. The molecule has 0 fully saturated rings. The van der Waals surface area contributed by atoms with Crippen molar-refractivity contribution in [1.82, 2.24) is 19.1 Å². The highest BCUT2D eigenvalue weighted by Crippen LogP contribution is 2.44. The molecular formula is C59H40N4S. The zero-order valence-electron chi connectivity index (χ0n) is 35.1. The van der Waals surface area contributed by atoms with Crippen LogP contribution in [-0.2, 0) is 0 Å². The van der Waals surface area contributed by atoms with Gasteiger partial charge in [-0.2, -0.15) is 0 Å². The smallest absolute Gasteiger partial charge is 0.235 e. The van der Waals surface area contributed by atoms with E-state index >= 15 is 0 Å². The number of para-hydroxylation sites is 2. The Bertz CT molecular complexity index is 3740. The Morgan fingerprint density at radius 3 is 1.78 bits per heavy atom. The zero-order chi connectivity index (χ0) is 42.7. The number of hydrogen-bond acceptors (Lipinski definition) is 3. The Balaban J connectivity index is 1.01. The van der Waals surface area contributed by atoms with Crippen LogP contribution in [0.25, 0.3) is 115 Å². The number of rotatable bonds is 8. The quantitative estimate of drug-likeness (QED) is 0.143. The number of fused-ring (bicyclic) bond motifs is 7. The van der Waals surface area contributed by atoms with Crippen molar-refractivity contribution in [3.8, 4) is 56.4 Å². The third kappa shape index (κ3) is 6.20. The minimum atomic E-state index is 0.645. The van der Waals surface area contributed by atoms with Crippen LogP contribution in [-0.4, -0.2) is 19.1 Å². The van der Waals surface area contributed by atoms with E-state index in [1.807, 2.05) is 35.6 Å². The molecule has 0 N–H and O–H groups in total. The van der Waals surface area contributed by atoms with Gasteiger partial charge in [0.15, 0.2) is 0 Å². The maximum Gasteiger partial charge on any atom is 0.235 e. The Morgan fingerprint density at radius 2 is 1.06 bits per heavy atom. The second kappa shape index (κ2) is 15.3. The van der Waals surface area contributed by atoms with E-state index < -0.39 is 0 Å². The van der Waals surface area contributed by atoms with E-state index in [1.165, 1.54) is 59.0 Å². The first kappa shape index (κ1) is 37.6. The van der Waals surface area contributed by atoms with E-state index in [0.717, 1.165) is 55.6 Å². The minimum absolute atomic E-state index is 0.645. The topological polar surface area (TPSA) is 35.6 Å². The van der Waals surface area contributed by atoms with E-state index in [4.69, 9.17) is 9.97 Å². The van der Waals surface area contributed by atoms with Crippen molar-refractivity contribution >= 4 is 70.3 Å². The van der Waals surface area contributed by atoms with Crippen molar-refractivity contribution in [1.29, 1.82) is 0 Å². The van der Waals surface area contributed by atoms with Gasteiger partial charge in [0.05, 0.1) is 27.9 Å². The highest BCUT2D eigenvalue weighted by Gasteiger charge is 2.20. The van der Waals surface area contributed by atoms with Gasteiger partial charge in [0.1, 0.15) is 0 Å². The van der Waals surface area contributed by atoms with Crippen molar-refractivity contribution < 1.29 is 0 Å². The molecule has 0 atom stereocenters. The highest BCUT2D eigenvalue weighted by atomic mass is 32.1. The van der Waals surface area contributed by atoms with Crippen LogP contribution in [0, 0.1) is 6.92 Å². The number of benzene rings is 8. The van der Waals surface area contributed by atoms with E-state index in [0.29, 0.717) is 5.95 Å². The summed E-state index contributed by atoms with van der Waals surface area (Å²) in [5.74, 6) is 0.645. The summed E-state index contributed by atoms with van der Waals surface area (Å²) in [5, 5.41) is 6.09. The molecule has 12 rings (SSSR count). The van der Waals surface area contributed by atoms with Gasteiger partial charge in [-0.3, -0.25) is 4.57 Å². The van der Waals surface area contributed by atoms with Crippen molar-refractivity contribution in [2.45, 2.75) is 6.92 Å². The summed E-state index contributed by atoms with van der Waals surface area (Å²) in [6.45, 7) is 6.18. The second-order valence-corrected chi connectivity index (χ2v) is 17.3. The van der Waals surface area contributed by atoms with Crippen LogP contribution < -0.4 is 0 Å². The lowest BCUT2D eigenvalue weighted by atomic mass is 9.96. The summed E-state index contributed by atoms with van der Waals surface area (Å²) in [4.78, 5) is 10.5. The normalized spacial score (nSPS) is 11.8. The lowest BCUT2D eigenvalue weighted by molar-refractivity contribution is 0.995. The molecule has 0 radical (unpaired) electrons. The van der Waals surface area contributed by atoms with Crippen LogP contribution in [0.1, 0.15) is 11.3 Å². The van der Waals surface area contributed by atoms with Crippen LogP contribution in [0.5, 0.6) is 0 Å². The number of hydrogen-bond donors (Lipinski definition) is 0. The van der Waals surface area contributed by atoms with Crippen molar-refractivity contribution in [2.75, 3.05) is 0 Å². The molecule has 0 unspecified atom stereocenters. The summed E-state index contributed by atoms with van der Waals surface area (Å²) >= 11 is 1.86. The van der Waals surface area contributed by atoms with E-state index in [2.05, 4.69) is 211 Å². The molecule has 0 saturated heterocycles. The van der Waals surface area contributed by atoms with Crippen LogP contribution in [0.2, 0.25) is 0 Å². The van der Waals surface area contributed by atoms with E-state index in [1.54, 1.807) is 0 Å². The minimum Gasteiger partial charge on any atom is -0.313 e. The summed E-state index contributed by atoms with van der Waals surface area (Å²) in [5.41, 5.74) is 15.5. The summed E-state index contributed by atoms with van der Waals surface area (Å²) in [7, 11) is 0. The molecule has 0 aliphatic rings. The SMILES string of the molecule is C=C/C=C\c1c(C)n(-c2ccccc2)c2ccc(-c3cccc4sc5ccc(-c6ccc7c(c6)c6ccccc6n7-c6nc(-c7ccccc7)cc(-c7ccccc7)n6)cc5c34)cc12. The van der Waals surface area contributed by atoms with Crippen LogP contribution >= 0.6 is 11.3 Å². The Hall–Kier alpha value is -8.12. The molecule has 4 aromatic heterocycles. The van der Waals surface area contributed by atoms with Crippen molar-refractivity contribution in [3.05, 3.63) is 224 Å². The average Bonchev–Trinajstić information content (AvgIpc) is 3.99. The summed E-state index contributed by atoms with van der Waals surface area (Å²) in [6.07, 6.45) is 6.07. The lowest BCUT2D eigenvalue weighted by Gasteiger charge is -2.12.